The molecule has 4 heteroatoms. The lowest BCUT2D eigenvalue weighted by Gasteiger charge is -2.02. The molecule has 0 saturated heterocycles. The van der Waals surface area contributed by atoms with E-state index in [4.69, 9.17) is 9.84 Å². The molecular weight excluding hydrogens is 228 g/mol. The molecule has 1 heterocycles. The predicted molar refractivity (Wildman–Crippen MR) is 48.9 cm³/mol. The van der Waals surface area contributed by atoms with Crippen molar-refractivity contribution >= 4 is 27.3 Å². The van der Waals surface area contributed by atoms with E-state index in [2.05, 4.69) is 15.9 Å². The first-order chi connectivity index (χ1) is 5.29. The molecule has 0 radical (unpaired) electrons. The first kappa shape index (κ1) is 9.19. The number of aliphatic hydroxyl groups excluding tert-OH is 1. The van der Waals surface area contributed by atoms with Crippen molar-refractivity contribution < 1.29 is 9.84 Å². The van der Waals surface area contributed by atoms with Gasteiger partial charge in [0, 0.05) is 0 Å². The van der Waals surface area contributed by atoms with Crippen LogP contribution in [0.25, 0.3) is 0 Å². The fourth-order valence-electron chi connectivity index (χ4n) is 0.649. The maximum Gasteiger partial charge on any atom is 0.132 e. The number of aliphatic hydroxyl groups is 1. The maximum absolute atomic E-state index is 8.78. The lowest BCUT2D eigenvalue weighted by Crippen LogP contribution is -2.06. The van der Waals surface area contributed by atoms with Gasteiger partial charge in [0.05, 0.1) is 13.2 Å². The van der Waals surface area contributed by atoms with Crippen molar-refractivity contribution in [2.75, 3.05) is 6.61 Å². The van der Waals surface area contributed by atoms with Crippen molar-refractivity contribution in [2.45, 2.75) is 11.6 Å². The van der Waals surface area contributed by atoms with Gasteiger partial charge < -0.3 is 9.84 Å². The van der Waals surface area contributed by atoms with E-state index in [1.807, 2.05) is 16.8 Å². The minimum atomic E-state index is -0.555. The highest BCUT2D eigenvalue weighted by Gasteiger charge is 1.97. The quantitative estimate of drug-likeness (QED) is 0.811. The molecule has 0 bridgehead atoms. The third-order valence-electron chi connectivity index (χ3n) is 1.10. The summed E-state index contributed by atoms with van der Waals surface area (Å²) in [6.07, 6.45) is 0. The first-order valence-corrected chi connectivity index (χ1v) is 5.06. The van der Waals surface area contributed by atoms with Crippen LogP contribution in [-0.2, 0) is 11.3 Å². The van der Waals surface area contributed by atoms with Gasteiger partial charge >= 0.3 is 0 Å². The monoisotopic (exact) mass is 236 g/mol. The molecule has 0 fully saturated rings. The Labute approximate surface area is 77.9 Å². The summed E-state index contributed by atoms with van der Waals surface area (Å²) in [5, 5.41) is 12.3. The van der Waals surface area contributed by atoms with Gasteiger partial charge in [0.25, 0.3) is 0 Å². The standard InChI is InChI=1S/C7H9BrO2S/c8-7(9)4-10-3-6-1-2-11-5-6/h1-2,5,7,9H,3-4H2. The highest BCUT2D eigenvalue weighted by Crippen LogP contribution is 2.07. The van der Waals surface area contributed by atoms with Crippen LogP contribution >= 0.6 is 27.3 Å². The Balaban J connectivity index is 2.14. The second-order valence-corrected chi connectivity index (χ2v) is 3.92. The van der Waals surface area contributed by atoms with Gasteiger partial charge in [-0.15, -0.1) is 0 Å². The van der Waals surface area contributed by atoms with Crippen LogP contribution < -0.4 is 0 Å². The van der Waals surface area contributed by atoms with Gasteiger partial charge in [0.15, 0.2) is 0 Å². The van der Waals surface area contributed by atoms with Gasteiger partial charge in [0.1, 0.15) is 5.01 Å². The molecule has 0 amide bonds. The molecule has 1 aromatic heterocycles. The molecule has 1 rings (SSSR count). The SMILES string of the molecule is OC(Br)COCc1ccsc1. The number of ether oxygens (including phenoxy) is 1. The van der Waals surface area contributed by atoms with Crippen molar-refractivity contribution in [1.82, 2.24) is 0 Å². The molecule has 11 heavy (non-hydrogen) atoms. The van der Waals surface area contributed by atoms with Crippen LogP contribution in [0.1, 0.15) is 5.56 Å². The highest BCUT2D eigenvalue weighted by molar-refractivity contribution is 9.09. The normalized spacial score (nSPS) is 13.3. The summed E-state index contributed by atoms with van der Waals surface area (Å²) in [6.45, 7) is 0.905. The fourth-order valence-corrected chi connectivity index (χ4v) is 1.49. The Morgan fingerprint density at radius 1 is 1.73 bits per heavy atom. The van der Waals surface area contributed by atoms with Crippen LogP contribution in [0.15, 0.2) is 16.8 Å². The smallest absolute Gasteiger partial charge is 0.132 e. The second kappa shape index (κ2) is 4.87. The molecule has 0 aliphatic rings. The topological polar surface area (TPSA) is 29.5 Å². The Hall–Kier alpha value is 0.100. The van der Waals surface area contributed by atoms with Crippen LogP contribution in [0.3, 0.4) is 0 Å². The Morgan fingerprint density at radius 2 is 2.55 bits per heavy atom. The summed E-state index contributed by atoms with van der Waals surface area (Å²) >= 11 is 4.62. The molecule has 0 aliphatic heterocycles. The Morgan fingerprint density at radius 3 is 3.09 bits per heavy atom. The molecule has 0 saturated carbocycles. The third-order valence-corrected chi connectivity index (χ3v) is 2.10. The summed E-state index contributed by atoms with van der Waals surface area (Å²) in [4.78, 5) is 0. The molecule has 1 N–H and O–H groups in total. The van der Waals surface area contributed by atoms with E-state index in [1.54, 1.807) is 11.3 Å². The molecular formula is C7H9BrO2S. The van der Waals surface area contributed by atoms with E-state index in [0.717, 1.165) is 5.56 Å². The number of hydrogen-bond donors (Lipinski definition) is 1. The lowest BCUT2D eigenvalue weighted by molar-refractivity contribution is 0.0702. The zero-order valence-corrected chi connectivity index (χ0v) is 8.27. The van der Waals surface area contributed by atoms with E-state index in [-0.39, 0.29) is 0 Å². The number of thiophene rings is 1. The van der Waals surface area contributed by atoms with Crippen molar-refractivity contribution in [3.8, 4) is 0 Å². The maximum atomic E-state index is 8.78. The van der Waals surface area contributed by atoms with Crippen LogP contribution in [0, 0.1) is 0 Å². The minimum absolute atomic E-state index is 0.329. The van der Waals surface area contributed by atoms with Gasteiger partial charge in [-0.05, 0) is 22.4 Å². The second-order valence-electron chi connectivity index (χ2n) is 2.08. The number of hydrogen-bond acceptors (Lipinski definition) is 3. The summed E-state index contributed by atoms with van der Waals surface area (Å²) in [7, 11) is 0. The molecule has 1 aromatic rings. The van der Waals surface area contributed by atoms with E-state index in [9.17, 15) is 0 Å². The van der Waals surface area contributed by atoms with Crippen LogP contribution in [0.2, 0.25) is 0 Å². The molecule has 0 spiro atoms. The summed E-state index contributed by atoms with van der Waals surface area (Å²) in [6, 6.07) is 2.01. The van der Waals surface area contributed by atoms with E-state index < -0.39 is 5.01 Å². The summed E-state index contributed by atoms with van der Waals surface area (Å²) in [5.41, 5.74) is 1.16. The van der Waals surface area contributed by atoms with Crippen LogP contribution in [-0.4, -0.2) is 16.7 Å². The van der Waals surface area contributed by atoms with Crippen molar-refractivity contribution in [3.63, 3.8) is 0 Å². The average molecular weight is 237 g/mol. The van der Waals surface area contributed by atoms with Gasteiger partial charge in [-0.2, -0.15) is 11.3 Å². The number of halogens is 1. The molecule has 2 nitrogen and oxygen atoms in total. The van der Waals surface area contributed by atoms with Crippen LogP contribution in [0.4, 0.5) is 0 Å². The summed E-state index contributed by atoms with van der Waals surface area (Å²) in [5.74, 6) is 0. The molecule has 1 atom stereocenters. The predicted octanol–water partition coefficient (Wildman–Crippen LogP) is 1.98. The first-order valence-electron chi connectivity index (χ1n) is 3.20. The van der Waals surface area contributed by atoms with Crippen LogP contribution in [0.5, 0.6) is 0 Å². The van der Waals surface area contributed by atoms with E-state index >= 15 is 0 Å². The summed E-state index contributed by atoms with van der Waals surface area (Å²) < 4.78 is 5.15. The van der Waals surface area contributed by atoms with Gasteiger partial charge in [-0.1, -0.05) is 15.9 Å². The fraction of sp³-hybridized carbons (Fsp3) is 0.429. The number of alkyl halides is 1. The van der Waals surface area contributed by atoms with Crippen molar-refractivity contribution in [3.05, 3.63) is 22.4 Å². The Bertz CT molecular complexity index is 186. The molecule has 1 unspecified atom stereocenters. The number of rotatable bonds is 4. The third kappa shape index (κ3) is 3.86. The zero-order chi connectivity index (χ0) is 8.10. The van der Waals surface area contributed by atoms with E-state index in [0.29, 0.717) is 13.2 Å². The largest absolute Gasteiger partial charge is 0.379 e. The van der Waals surface area contributed by atoms with Gasteiger partial charge in [0.2, 0.25) is 0 Å². The Kier molecular flexibility index (Phi) is 4.07. The molecule has 62 valence electrons. The minimum Gasteiger partial charge on any atom is -0.379 e. The van der Waals surface area contributed by atoms with Gasteiger partial charge in [-0.3, -0.25) is 0 Å². The molecule has 0 aromatic carbocycles. The molecule has 0 aliphatic carbocycles. The highest BCUT2D eigenvalue weighted by atomic mass is 79.9. The van der Waals surface area contributed by atoms with Gasteiger partial charge in [-0.25, -0.2) is 0 Å². The lowest BCUT2D eigenvalue weighted by atomic mass is 10.4. The van der Waals surface area contributed by atoms with E-state index in [1.165, 1.54) is 0 Å². The zero-order valence-electron chi connectivity index (χ0n) is 5.87. The average Bonchev–Trinajstić information content (AvgIpc) is 2.39. The van der Waals surface area contributed by atoms with Crippen molar-refractivity contribution in [2.24, 2.45) is 0 Å². The van der Waals surface area contributed by atoms with Crippen molar-refractivity contribution in [1.29, 1.82) is 0 Å².